The van der Waals surface area contributed by atoms with Gasteiger partial charge in [-0.15, -0.1) is 0 Å². The molecular weight excluding hydrogens is 154 g/mol. The molecule has 1 rings (SSSR count). The Morgan fingerprint density at radius 3 is 2.67 bits per heavy atom. The molecule has 1 aromatic rings. The van der Waals surface area contributed by atoms with E-state index in [1.807, 2.05) is 12.2 Å². The van der Waals surface area contributed by atoms with E-state index < -0.39 is 0 Å². The van der Waals surface area contributed by atoms with E-state index in [0.29, 0.717) is 24.6 Å². The molecule has 0 atom stereocenters. The summed E-state index contributed by atoms with van der Waals surface area (Å²) in [5.41, 5.74) is 16.9. The van der Waals surface area contributed by atoms with Gasteiger partial charge in [-0.2, -0.15) is 5.10 Å². The Kier molecular flexibility index (Phi) is 2.71. The molecule has 12 heavy (non-hydrogen) atoms. The number of aromatic nitrogens is 2. The Bertz CT molecular complexity index is 275. The van der Waals surface area contributed by atoms with Crippen molar-refractivity contribution in [1.82, 2.24) is 9.78 Å². The maximum Gasteiger partial charge on any atom is 0.145 e. The maximum atomic E-state index is 5.60. The summed E-state index contributed by atoms with van der Waals surface area (Å²) in [4.78, 5) is 0. The summed E-state index contributed by atoms with van der Waals surface area (Å²) >= 11 is 0. The van der Waals surface area contributed by atoms with Gasteiger partial charge in [0.25, 0.3) is 0 Å². The zero-order valence-electron chi connectivity index (χ0n) is 6.77. The van der Waals surface area contributed by atoms with Gasteiger partial charge >= 0.3 is 0 Å². The summed E-state index contributed by atoms with van der Waals surface area (Å²) in [5, 5.41) is 3.96. The Balaban J connectivity index is 2.63. The molecule has 5 nitrogen and oxygen atoms in total. The van der Waals surface area contributed by atoms with Crippen LogP contribution < -0.4 is 17.2 Å². The molecule has 0 bridgehead atoms. The first-order chi connectivity index (χ1) is 5.75. The van der Waals surface area contributed by atoms with Crippen molar-refractivity contribution in [2.75, 3.05) is 18.0 Å². The van der Waals surface area contributed by atoms with Crippen LogP contribution in [0.3, 0.4) is 0 Å². The molecule has 0 spiro atoms. The zero-order chi connectivity index (χ0) is 8.97. The van der Waals surface area contributed by atoms with Gasteiger partial charge in [0.15, 0.2) is 0 Å². The average molecular weight is 167 g/mol. The minimum Gasteiger partial charge on any atom is -0.394 e. The minimum absolute atomic E-state index is 0.497. The van der Waals surface area contributed by atoms with Crippen LogP contribution in [-0.2, 0) is 6.54 Å². The van der Waals surface area contributed by atoms with E-state index in [-0.39, 0.29) is 0 Å². The Morgan fingerprint density at radius 1 is 1.42 bits per heavy atom. The molecule has 0 fully saturated rings. The van der Waals surface area contributed by atoms with Crippen molar-refractivity contribution in [2.45, 2.75) is 6.54 Å². The molecular formula is C7H13N5. The van der Waals surface area contributed by atoms with Crippen LogP contribution in [-0.4, -0.2) is 16.3 Å². The lowest BCUT2D eigenvalue weighted by Gasteiger charge is -1.98. The highest BCUT2D eigenvalue weighted by molar-refractivity contribution is 5.57. The molecule has 0 aliphatic rings. The normalized spacial score (nSPS) is 11.1. The van der Waals surface area contributed by atoms with Crippen molar-refractivity contribution < 1.29 is 0 Å². The molecule has 0 unspecified atom stereocenters. The number of allylic oxidation sites excluding steroid dienone is 1. The Morgan fingerprint density at radius 2 is 2.17 bits per heavy atom. The van der Waals surface area contributed by atoms with Crippen LogP contribution in [0.1, 0.15) is 0 Å². The summed E-state index contributed by atoms with van der Waals surface area (Å²) < 4.78 is 1.61. The predicted octanol–water partition coefficient (Wildman–Crippen LogP) is -0.438. The number of hydrogen-bond acceptors (Lipinski definition) is 4. The van der Waals surface area contributed by atoms with Gasteiger partial charge < -0.3 is 17.2 Å². The van der Waals surface area contributed by atoms with Gasteiger partial charge in [-0.3, -0.25) is 0 Å². The van der Waals surface area contributed by atoms with Crippen molar-refractivity contribution in [2.24, 2.45) is 5.73 Å². The summed E-state index contributed by atoms with van der Waals surface area (Å²) in [6, 6.07) is 0. The van der Waals surface area contributed by atoms with Crippen LogP contribution in [0.4, 0.5) is 11.5 Å². The molecule has 0 saturated heterocycles. The van der Waals surface area contributed by atoms with Gasteiger partial charge in [0.1, 0.15) is 5.82 Å². The molecule has 0 aromatic carbocycles. The summed E-state index contributed by atoms with van der Waals surface area (Å²) in [7, 11) is 0. The average Bonchev–Trinajstić information content (AvgIpc) is 2.36. The van der Waals surface area contributed by atoms with Crippen molar-refractivity contribution in [3.8, 4) is 0 Å². The lowest BCUT2D eigenvalue weighted by molar-refractivity contribution is 0.711. The molecule has 5 heteroatoms. The van der Waals surface area contributed by atoms with Crippen molar-refractivity contribution in [3.05, 3.63) is 18.3 Å². The number of nitrogen functional groups attached to an aromatic ring is 2. The molecule has 66 valence electrons. The fraction of sp³-hybridized carbons (Fsp3) is 0.286. The zero-order valence-corrected chi connectivity index (χ0v) is 6.77. The number of nitrogens with two attached hydrogens (primary N) is 3. The van der Waals surface area contributed by atoms with E-state index in [1.165, 1.54) is 6.20 Å². The fourth-order valence-corrected chi connectivity index (χ4v) is 0.825. The minimum atomic E-state index is 0.497. The molecule has 6 N–H and O–H groups in total. The third kappa shape index (κ3) is 1.76. The van der Waals surface area contributed by atoms with Crippen LogP contribution in [0.5, 0.6) is 0 Å². The van der Waals surface area contributed by atoms with E-state index in [9.17, 15) is 0 Å². The predicted molar refractivity (Wildman–Crippen MR) is 49.2 cm³/mol. The van der Waals surface area contributed by atoms with Crippen molar-refractivity contribution >= 4 is 11.5 Å². The van der Waals surface area contributed by atoms with Crippen LogP contribution in [0, 0.1) is 0 Å². The van der Waals surface area contributed by atoms with Crippen molar-refractivity contribution in [1.29, 1.82) is 0 Å². The summed E-state index contributed by atoms with van der Waals surface area (Å²) in [6.45, 7) is 1.14. The van der Waals surface area contributed by atoms with E-state index in [4.69, 9.17) is 17.2 Å². The maximum absolute atomic E-state index is 5.60. The third-order valence-corrected chi connectivity index (χ3v) is 1.49. The molecule has 0 amide bonds. The monoisotopic (exact) mass is 167 g/mol. The van der Waals surface area contributed by atoms with E-state index in [1.54, 1.807) is 4.68 Å². The van der Waals surface area contributed by atoms with Crippen LogP contribution in [0.15, 0.2) is 18.3 Å². The Labute approximate surface area is 70.8 Å². The first kappa shape index (κ1) is 8.61. The van der Waals surface area contributed by atoms with Gasteiger partial charge in [0.2, 0.25) is 0 Å². The second kappa shape index (κ2) is 3.77. The van der Waals surface area contributed by atoms with Gasteiger partial charge in [-0.05, 0) is 0 Å². The third-order valence-electron chi connectivity index (χ3n) is 1.49. The largest absolute Gasteiger partial charge is 0.394 e. The van der Waals surface area contributed by atoms with Gasteiger partial charge in [0, 0.05) is 6.54 Å². The van der Waals surface area contributed by atoms with Crippen LogP contribution in [0.2, 0.25) is 0 Å². The lowest BCUT2D eigenvalue weighted by Crippen LogP contribution is -2.04. The second-order valence-electron chi connectivity index (χ2n) is 2.37. The molecule has 0 saturated carbocycles. The first-order valence-electron chi connectivity index (χ1n) is 3.67. The van der Waals surface area contributed by atoms with Crippen molar-refractivity contribution in [3.63, 3.8) is 0 Å². The molecule has 1 aromatic heterocycles. The van der Waals surface area contributed by atoms with Crippen LogP contribution >= 0.6 is 0 Å². The molecule has 1 heterocycles. The highest BCUT2D eigenvalue weighted by Gasteiger charge is 2.00. The smallest absolute Gasteiger partial charge is 0.145 e. The highest BCUT2D eigenvalue weighted by atomic mass is 15.3. The van der Waals surface area contributed by atoms with E-state index in [2.05, 4.69) is 5.10 Å². The molecule has 0 aliphatic heterocycles. The number of rotatable bonds is 3. The standard InChI is InChI=1S/C7H13N5/c8-3-1-2-4-12-7(10)6(9)5-11-12/h1-2,5H,3-4,8-10H2. The topological polar surface area (TPSA) is 95.9 Å². The Hall–Kier alpha value is -1.49. The molecule has 0 aliphatic carbocycles. The van der Waals surface area contributed by atoms with Crippen LogP contribution in [0.25, 0.3) is 0 Å². The lowest BCUT2D eigenvalue weighted by atomic mass is 10.5. The van der Waals surface area contributed by atoms with E-state index in [0.717, 1.165) is 0 Å². The van der Waals surface area contributed by atoms with Gasteiger partial charge in [0.05, 0.1) is 18.4 Å². The van der Waals surface area contributed by atoms with E-state index >= 15 is 0 Å². The number of anilines is 2. The summed E-state index contributed by atoms with van der Waals surface area (Å²) in [6.07, 6.45) is 5.27. The summed E-state index contributed by atoms with van der Waals surface area (Å²) in [5.74, 6) is 0.497. The second-order valence-corrected chi connectivity index (χ2v) is 2.37. The highest BCUT2D eigenvalue weighted by Crippen LogP contribution is 2.11. The first-order valence-corrected chi connectivity index (χ1v) is 3.67. The quantitative estimate of drug-likeness (QED) is 0.532. The fourth-order valence-electron chi connectivity index (χ4n) is 0.825. The molecule has 0 radical (unpaired) electrons. The number of hydrogen-bond donors (Lipinski definition) is 3. The van der Waals surface area contributed by atoms with Gasteiger partial charge in [-0.1, -0.05) is 12.2 Å². The number of nitrogens with zero attached hydrogens (tertiary/aromatic N) is 2. The SMILES string of the molecule is NCC=CCn1ncc(N)c1N. The van der Waals surface area contributed by atoms with Gasteiger partial charge in [-0.25, -0.2) is 4.68 Å².